The minimum absolute atomic E-state index is 0.0774. The normalized spacial score (nSPS) is 18.5. The topological polar surface area (TPSA) is 38.3 Å². The van der Waals surface area contributed by atoms with Gasteiger partial charge in [0.1, 0.15) is 5.75 Å². The molecular weight excluding hydrogens is 276 g/mol. The Hall–Kier alpha value is -1.65. The molecule has 1 aromatic rings. The van der Waals surface area contributed by atoms with Crippen molar-refractivity contribution < 1.29 is 18.3 Å². The van der Waals surface area contributed by atoms with Crippen molar-refractivity contribution in [2.75, 3.05) is 0 Å². The van der Waals surface area contributed by atoms with Gasteiger partial charge in [-0.3, -0.25) is 4.79 Å². The Morgan fingerprint density at radius 2 is 1.81 bits per heavy atom. The Morgan fingerprint density at radius 1 is 1.24 bits per heavy atom. The number of hydrogen-bond donors (Lipinski definition) is 1. The molecule has 5 heteroatoms. The second-order valence-corrected chi connectivity index (χ2v) is 5.79. The van der Waals surface area contributed by atoms with Crippen LogP contribution in [0.15, 0.2) is 24.3 Å². The van der Waals surface area contributed by atoms with Gasteiger partial charge in [0.2, 0.25) is 5.92 Å². The van der Waals surface area contributed by atoms with Crippen LogP contribution in [0.25, 0.3) is 0 Å². The van der Waals surface area contributed by atoms with Gasteiger partial charge in [0.15, 0.2) is 0 Å². The number of carbonyl (C=O) groups is 1. The van der Waals surface area contributed by atoms with E-state index >= 15 is 0 Å². The Balaban J connectivity index is 1.89. The highest BCUT2D eigenvalue weighted by Gasteiger charge is 2.35. The van der Waals surface area contributed by atoms with Crippen LogP contribution in [0.3, 0.4) is 0 Å². The van der Waals surface area contributed by atoms with Crippen LogP contribution in [0, 0.1) is 0 Å². The summed E-state index contributed by atoms with van der Waals surface area (Å²) in [5, 5.41) is 2.82. The Bertz CT molecular complexity index is 476. The molecule has 1 aliphatic rings. The molecule has 0 heterocycles. The lowest BCUT2D eigenvalue weighted by Crippen LogP contribution is -2.40. The van der Waals surface area contributed by atoms with E-state index in [1.165, 1.54) is 0 Å². The maximum Gasteiger partial charge on any atom is 0.251 e. The fraction of sp³-hybridized carbons (Fsp3) is 0.562. The summed E-state index contributed by atoms with van der Waals surface area (Å²) in [7, 11) is 0. The minimum Gasteiger partial charge on any atom is -0.491 e. The number of rotatable bonds is 4. The van der Waals surface area contributed by atoms with Crippen LogP contribution in [-0.2, 0) is 0 Å². The zero-order chi connectivity index (χ0) is 15.5. The summed E-state index contributed by atoms with van der Waals surface area (Å²) in [5.74, 6) is -2.09. The predicted octanol–water partition coefficient (Wildman–Crippen LogP) is 3.78. The maximum atomic E-state index is 13.1. The van der Waals surface area contributed by atoms with Crippen LogP contribution >= 0.6 is 0 Å². The highest BCUT2D eigenvalue weighted by atomic mass is 19.3. The molecular formula is C16H21F2NO2. The minimum atomic E-state index is -2.57. The van der Waals surface area contributed by atoms with Crippen LogP contribution in [0.5, 0.6) is 5.75 Å². The largest absolute Gasteiger partial charge is 0.491 e. The molecule has 21 heavy (non-hydrogen) atoms. The third kappa shape index (κ3) is 4.69. The maximum absolute atomic E-state index is 13.1. The summed E-state index contributed by atoms with van der Waals surface area (Å²) >= 11 is 0. The van der Waals surface area contributed by atoms with Crippen LogP contribution in [0.2, 0.25) is 0 Å². The standard InChI is InChI=1S/C16H21F2NO2/c1-11(2)21-14-5-3-12(4-6-14)15(20)19-13-7-9-16(17,18)10-8-13/h3-6,11,13H,7-10H2,1-2H3,(H,19,20). The summed E-state index contributed by atoms with van der Waals surface area (Å²) in [6, 6.07) is 6.69. The van der Waals surface area contributed by atoms with Gasteiger partial charge in [-0.25, -0.2) is 8.78 Å². The molecule has 1 N–H and O–H groups in total. The second-order valence-electron chi connectivity index (χ2n) is 5.79. The third-order valence-electron chi connectivity index (χ3n) is 3.54. The fourth-order valence-corrected chi connectivity index (χ4v) is 2.41. The van der Waals surface area contributed by atoms with E-state index in [-0.39, 0.29) is 30.9 Å². The van der Waals surface area contributed by atoms with Crippen molar-refractivity contribution in [3.05, 3.63) is 29.8 Å². The van der Waals surface area contributed by atoms with Gasteiger partial charge in [0, 0.05) is 24.4 Å². The number of alkyl halides is 2. The van der Waals surface area contributed by atoms with Crippen molar-refractivity contribution in [2.45, 2.75) is 57.6 Å². The van der Waals surface area contributed by atoms with Gasteiger partial charge in [-0.1, -0.05) is 0 Å². The Labute approximate surface area is 123 Å². The van der Waals surface area contributed by atoms with Crippen LogP contribution in [0.4, 0.5) is 8.78 Å². The smallest absolute Gasteiger partial charge is 0.251 e. The summed E-state index contributed by atoms with van der Waals surface area (Å²) in [4.78, 5) is 12.1. The number of hydrogen-bond acceptors (Lipinski definition) is 2. The van der Waals surface area contributed by atoms with E-state index in [0.29, 0.717) is 24.2 Å². The quantitative estimate of drug-likeness (QED) is 0.918. The van der Waals surface area contributed by atoms with Gasteiger partial charge in [0.05, 0.1) is 6.10 Å². The van der Waals surface area contributed by atoms with E-state index in [9.17, 15) is 13.6 Å². The highest BCUT2D eigenvalue weighted by molar-refractivity contribution is 5.94. The van der Waals surface area contributed by atoms with Crippen molar-refractivity contribution in [3.63, 3.8) is 0 Å². The molecule has 0 aliphatic heterocycles. The number of carbonyl (C=O) groups excluding carboxylic acids is 1. The van der Waals surface area contributed by atoms with Crippen molar-refractivity contribution in [1.82, 2.24) is 5.32 Å². The van der Waals surface area contributed by atoms with Gasteiger partial charge < -0.3 is 10.1 Å². The number of nitrogens with one attached hydrogen (secondary N) is 1. The van der Waals surface area contributed by atoms with Crippen LogP contribution < -0.4 is 10.1 Å². The van der Waals surface area contributed by atoms with Gasteiger partial charge in [-0.05, 0) is 51.0 Å². The number of halogens is 2. The van der Waals surface area contributed by atoms with Gasteiger partial charge in [-0.15, -0.1) is 0 Å². The zero-order valence-electron chi connectivity index (χ0n) is 12.4. The van der Waals surface area contributed by atoms with Gasteiger partial charge >= 0.3 is 0 Å². The van der Waals surface area contributed by atoms with Crippen molar-refractivity contribution in [2.24, 2.45) is 0 Å². The summed E-state index contributed by atoms with van der Waals surface area (Å²) < 4.78 is 31.6. The lowest BCUT2D eigenvalue weighted by molar-refractivity contribution is -0.0399. The monoisotopic (exact) mass is 297 g/mol. The molecule has 3 nitrogen and oxygen atoms in total. The summed E-state index contributed by atoms with van der Waals surface area (Å²) in [5.41, 5.74) is 0.517. The molecule has 0 atom stereocenters. The first-order valence-electron chi connectivity index (χ1n) is 7.31. The first-order chi connectivity index (χ1) is 9.85. The third-order valence-corrected chi connectivity index (χ3v) is 3.54. The number of benzene rings is 1. The molecule has 1 fully saturated rings. The predicted molar refractivity (Wildman–Crippen MR) is 76.9 cm³/mol. The van der Waals surface area contributed by atoms with E-state index in [1.807, 2.05) is 13.8 Å². The van der Waals surface area contributed by atoms with E-state index in [1.54, 1.807) is 24.3 Å². The SMILES string of the molecule is CC(C)Oc1ccc(C(=O)NC2CCC(F)(F)CC2)cc1. The average molecular weight is 297 g/mol. The average Bonchev–Trinajstić information content (AvgIpc) is 2.41. The molecule has 0 spiro atoms. The first-order valence-corrected chi connectivity index (χ1v) is 7.31. The van der Waals surface area contributed by atoms with Crippen molar-refractivity contribution >= 4 is 5.91 Å². The second kappa shape index (κ2) is 6.41. The van der Waals surface area contributed by atoms with Gasteiger partial charge in [0.25, 0.3) is 5.91 Å². The summed E-state index contributed by atoms with van der Waals surface area (Å²) in [6.45, 7) is 3.86. The lowest BCUT2D eigenvalue weighted by Gasteiger charge is -2.28. The molecule has 1 amide bonds. The fourth-order valence-electron chi connectivity index (χ4n) is 2.41. The number of amides is 1. The van der Waals surface area contributed by atoms with E-state index in [0.717, 1.165) is 0 Å². The first kappa shape index (κ1) is 15.7. The molecule has 0 radical (unpaired) electrons. The van der Waals surface area contributed by atoms with Crippen LogP contribution in [-0.4, -0.2) is 24.0 Å². The molecule has 116 valence electrons. The molecule has 0 aromatic heterocycles. The van der Waals surface area contributed by atoms with Crippen molar-refractivity contribution in [3.8, 4) is 5.75 Å². The Morgan fingerprint density at radius 3 is 2.33 bits per heavy atom. The molecule has 1 saturated carbocycles. The van der Waals surface area contributed by atoms with Gasteiger partial charge in [-0.2, -0.15) is 0 Å². The van der Waals surface area contributed by atoms with E-state index < -0.39 is 5.92 Å². The van der Waals surface area contributed by atoms with E-state index in [4.69, 9.17) is 4.74 Å². The molecule has 0 bridgehead atoms. The molecule has 0 unspecified atom stereocenters. The van der Waals surface area contributed by atoms with E-state index in [2.05, 4.69) is 5.32 Å². The molecule has 1 aromatic carbocycles. The van der Waals surface area contributed by atoms with Crippen molar-refractivity contribution in [1.29, 1.82) is 0 Å². The van der Waals surface area contributed by atoms with Crippen LogP contribution in [0.1, 0.15) is 49.9 Å². The zero-order valence-corrected chi connectivity index (χ0v) is 12.4. The highest BCUT2D eigenvalue weighted by Crippen LogP contribution is 2.33. The molecule has 2 rings (SSSR count). The molecule has 1 aliphatic carbocycles. The number of ether oxygens (including phenoxy) is 1. The lowest BCUT2D eigenvalue weighted by atomic mass is 9.92. The Kier molecular flexibility index (Phi) is 4.80. The summed E-state index contributed by atoms with van der Waals surface area (Å²) in [6.07, 6.45) is 0.423. The molecule has 0 saturated heterocycles.